The molecule has 25 heavy (non-hydrogen) atoms. The zero-order valence-electron chi connectivity index (χ0n) is 12.6. The summed E-state index contributed by atoms with van der Waals surface area (Å²) in [5, 5.41) is 15.2. The van der Waals surface area contributed by atoms with Crippen LogP contribution in [-0.2, 0) is 6.61 Å². The van der Waals surface area contributed by atoms with Gasteiger partial charge in [0.25, 0.3) is 11.6 Å². The Hall–Kier alpha value is -3.26. The molecule has 0 bridgehead atoms. The number of benzene rings is 2. The first-order valence-corrected chi connectivity index (χ1v) is 7.39. The van der Waals surface area contributed by atoms with E-state index >= 15 is 0 Å². The summed E-state index contributed by atoms with van der Waals surface area (Å²) in [6, 6.07) is 10.6. The summed E-state index contributed by atoms with van der Waals surface area (Å²) in [4.78, 5) is 25.4. The Morgan fingerprint density at radius 1 is 1.24 bits per heavy atom. The van der Waals surface area contributed by atoms with E-state index in [2.05, 4.69) is 10.1 Å². The molecular weight excluding hydrogens is 350 g/mol. The molecule has 0 aliphatic carbocycles. The quantitative estimate of drug-likeness (QED) is 0.375. The van der Waals surface area contributed by atoms with E-state index in [1.165, 1.54) is 12.1 Å². The second-order valence-electron chi connectivity index (χ2n) is 4.90. The van der Waals surface area contributed by atoms with E-state index in [4.69, 9.17) is 20.9 Å². The normalized spacial score (nSPS) is 10.4. The van der Waals surface area contributed by atoms with Crippen molar-refractivity contribution in [3.05, 3.63) is 69.1 Å². The van der Waals surface area contributed by atoms with Crippen molar-refractivity contribution >= 4 is 23.6 Å². The maximum absolute atomic E-state index is 11.1. The van der Waals surface area contributed by atoms with Crippen molar-refractivity contribution in [2.24, 2.45) is 0 Å². The van der Waals surface area contributed by atoms with E-state index < -0.39 is 4.92 Å². The first kappa shape index (κ1) is 16.6. The molecular formula is C16H10ClN3O5. The zero-order chi connectivity index (χ0) is 17.8. The van der Waals surface area contributed by atoms with Crippen LogP contribution in [0.4, 0.5) is 5.69 Å². The Morgan fingerprint density at radius 2 is 2.00 bits per heavy atom. The molecule has 0 spiro atoms. The Morgan fingerprint density at radius 3 is 2.68 bits per heavy atom. The predicted molar refractivity (Wildman–Crippen MR) is 87.6 cm³/mol. The van der Waals surface area contributed by atoms with E-state index in [0.29, 0.717) is 17.1 Å². The van der Waals surface area contributed by atoms with Crippen molar-refractivity contribution in [3.63, 3.8) is 0 Å². The highest BCUT2D eigenvalue weighted by Gasteiger charge is 2.13. The Kier molecular flexibility index (Phi) is 4.71. The third-order valence-corrected chi connectivity index (χ3v) is 3.50. The fraction of sp³-hybridized carbons (Fsp3) is 0.0625. The Bertz CT molecular complexity index is 924. The molecule has 9 heteroatoms. The molecule has 0 aliphatic heterocycles. The lowest BCUT2D eigenvalue weighted by atomic mass is 10.2. The molecule has 126 valence electrons. The van der Waals surface area contributed by atoms with E-state index in [-0.39, 0.29) is 29.5 Å². The molecule has 3 aromatic rings. The first-order valence-electron chi connectivity index (χ1n) is 7.02. The minimum absolute atomic E-state index is 0.0617. The number of nitro groups is 1. The van der Waals surface area contributed by atoms with E-state index in [1.807, 2.05) is 0 Å². The van der Waals surface area contributed by atoms with Gasteiger partial charge in [-0.15, -0.1) is 0 Å². The number of rotatable bonds is 6. The molecule has 0 saturated heterocycles. The van der Waals surface area contributed by atoms with Crippen LogP contribution in [0.2, 0.25) is 5.02 Å². The topological polar surface area (TPSA) is 108 Å². The van der Waals surface area contributed by atoms with Gasteiger partial charge in [0, 0.05) is 22.7 Å². The second kappa shape index (κ2) is 7.10. The highest BCUT2D eigenvalue weighted by molar-refractivity contribution is 6.30. The van der Waals surface area contributed by atoms with Crippen molar-refractivity contribution in [1.82, 2.24) is 10.1 Å². The van der Waals surface area contributed by atoms with Crippen LogP contribution in [-0.4, -0.2) is 21.4 Å². The van der Waals surface area contributed by atoms with Crippen LogP contribution in [0.5, 0.6) is 5.75 Å². The molecule has 0 atom stereocenters. The Balaban J connectivity index is 1.73. The summed E-state index contributed by atoms with van der Waals surface area (Å²) in [6.45, 7) is -0.0841. The molecule has 0 N–H and O–H groups in total. The summed E-state index contributed by atoms with van der Waals surface area (Å²) < 4.78 is 10.5. The number of non-ortho nitro benzene ring substituents is 1. The van der Waals surface area contributed by atoms with Gasteiger partial charge in [-0.25, -0.2) is 0 Å². The van der Waals surface area contributed by atoms with Crippen molar-refractivity contribution in [2.45, 2.75) is 6.61 Å². The third kappa shape index (κ3) is 3.81. The number of carbonyl (C=O) groups is 1. The molecule has 0 unspecified atom stereocenters. The maximum atomic E-state index is 11.1. The largest absolute Gasteiger partial charge is 0.483 e. The number of aromatic nitrogens is 2. The number of ether oxygens (including phenoxy) is 1. The summed E-state index contributed by atoms with van der Waals surface area (Å²) in [7, 11) is 0. The fourth-order valence-corrected chi connectivity index (χ4v) is 2.17. The van der Waals surface area contributed by atoms with Crippen molar-refractivity contribution in [1.29, 1.82) is 0 Å². The van der Waals surface area contributed by atoms with Crippen LogP contribution < -0.4 is 4.74 Å². The molecule has 1 aromatic heterocycles. The highest BCUT2D eigenvalue weighted by Crippen LogP contribution is 2.24. The molecule has 0 aliphatic rings. The lowest BCUT2D eigenvalue weighted by Gasteiger charge is -2.05. The summed E-state index contributed by atoms with van der Waals surface area (Å²) in [5.74, 6) is 0.751. The van der Waals surface area contributed by atoms with Crippen molar-refractivity contribution in [2.75, 3.05) is 0 Å². The smallest absolute Gasteiger partial charge is 0.270 e. The number of hydrogen-bond acceptors (Lipinski definition) is 7. The monoisotopic (exact) mass is 359 g/mol. The molecule has 0 saturated carbocycles. The van der Waals surface area contributed by atoms with Crippen molar-refractivity contribution in [3.8, 4) is 17.1 Å². The Labute approximate surface area is 146 Å². The van der Waals surface area contributed by atoms with Gasteiger partial charge in [-0.3, -0.25) is 14.9 Å². The van der Waals surface area contributed by atoms with Gasteiger partial charge < -0.3 is 9.26 Å². The lowest BCUT2D eigenvalue weighted by molar-refractivity contribution is -0.384. The fourth-order valence-electron chi connectivity index (χ4n) is 2.04. The van der Waals surface area contributed by atoms with Crippen LogP contribution >= 0.6 is 11.6 Å². The predicted octanol–water partition coefficient (Wildman–Crippen LogP) is 3.69. The van der Waals surface area contributed by atoms with Crippen molar-refractivity contribution < 1.29 is 19.0 Å². The molecule has 2 aromatic carbocycles. The summed E-state index contributed by atoms with van der Waals surface area (Å²) in [5.41, 5.74) is 0.590. The molecule has 3 rings (SSSR count). The van der Waals surface area contributed by atoms with Gasteiger partial charge in [-0.05, 0) is 30.3 Å². The summed E-state index contributed by atoms with van der Waals surface area (Å²) >= 11 is 5.83. The van der Waals surface area contributed by atoms with Gasteiger partial charge in [0.15, 0.2) is 12.9 Å². The van der Waals surface area contributed by atoms with E-state index in [1.54, 1.807) is 24.3 Å². The number of carbonyl (C=O) groups excluding carboxylic acids is 1. The zero-order valence-corrected chi connectivity index (χ0v) is 13.3. The highest BCUT2D eigenvalue weighted by atomic mass is 35.5. The first-order chi connectivity index (χ1) is 12.1. The van der Waals surface area contributed by atoms with Crippen LogP contribution in [0.3, 0.4) is 0 Å². The molecule has 8 nitrogen and oxygen atoms in total. The molecule has 0 fully saturated rings. The number of aldehydes is 1. The molecule has 0 amide bonds. The number of halogens is 1. The van der Waals surface area contributed by atoms with Crippen LogP contribution in [0, 0.1) is 10.1 Å². The number of nitro benzene ring substituents is 1. The molecule has 1 heterocycles. The second-order valence-corrected chi connectivity index (χ2v) is 5.34. The standard InChI is InChI=1S/C16H10ClN3O5/c17-12-3-1-10(2-4-12)16-18-15(25-19-16)9-24-14-6-5-13(20(22)23)7-11(14)8-21/h1-8H,9H2. The van der Waals surface area contributed by atoms with Crippen LogP contribution in [0.15, 0.2) is 47.0 Å². The van der Waals surface area contributed by atoms with Crippen LogP contribution in [0.25, 0.3) is 11.4 Å². The van der Waals surface area contributed by atoms with Gasteiger partial charge in [0.1, 0.15) is 5.75 Å². The van der Waals surface area contributed by atoms with E-state index in [9.17, 15) is 14.9 Å². The minimum Gasteiger partial charge on any atom is -0.483 e. The average Bonchev–Trinajstić information content (AvgIpc) is 3.09. The van der Waals surface area contributed by atoms with E-state index in [0.717, 1.165) is 11.6 Å². The molecule has 0 radical (unpaired) electrons. The van der Waals surface area contributed by atoms with Gasteiger partial charge in [-0.1, -0.05) is 16.8 Å². The summed E-state index contributed by atoms with van der Waals surface area (Å²) in [6.07, 6.45) is 0.481. The number of hydrogen-bond donors (Lipinski definition) is 0. The SMILES string of the molecule is O=Cc1cc([N+](=O)[O-])ccc1OCc1nc(-c2ccc(Cl)cc2)no1. The van der Waals surface area contributed by atoms with Crippen LogP contribution in [0.1, 0.15) is 16.2 Å². The van der Waals surface area contributed by atoms with Gasteiger partial charge in [0.05, 0.1) is 10.5 Å². The maximum Gasteiger partial charge on any atom is 0.270 e. The third-order valence-electron chi connectivity index (χ3n) is 3.25. The van der Waals surface area contributed by atoms with Gasteiger partial charge >= 0.3 is 0 Å². The minimum atomic E-state index is -0.590. The average molecular weight is 360 g/mol. The number of nitrogens with zero attached hydrogens (tertiary/aromatic N) is 3. The lowest BCUT2D eigenvalue weighted by Crippen LogP contribution is -1.99. The van der Waals surface area contributed by atoms with Gasteiger partial charge in [0.2, 0.25) is 5.82 Å². The van der Waals surface area contributed by atoms with Gasteiger partial charge in [-0.2, -0.15) is 4.98 Å².